The molecule has 2 amide bonds. The van der Waals surface area contributed by atoms with Crippen molar-refractivity contribution in [2.75, 3.05) is 26.9 Å². The summed E-state index contributed by atoms with van der Waals surface area (Å²) in [6.45, 7) is 8.31. The fourth-order valence-corrected chi connectivity index (χ4v) is 1.93. The first-order chi connectivity index (χ1) is 8.44. The summed E-state index contributed by atoms with van der Waals surface area (Å²) < 4.78 is 10.5. The van der Waals surface area contributed by atoms with Crippen LogP contribution in [-0.2, 0) is 9.47 Å². The molecule has 0 bridgehead atoms. The zero-order valence-electron chi connectivity index (χ0n) is 11.9. The highest BCUT2D eigenvalue weighted by Gasteiger charge is 2.26. The van der Waals surface area contributed by atoms with E-state index >= 15 is 0 Å². The molecule has 0 spiro atoms. The summed E-state index contributed by atoms with van der Waals surface area (Å²) in [5, 5.41) is 5.87. The molecule has 0 saturated carbocycles. The number of nitrogens with one attached hydrogen (secondary N) is 2. The number of hydrogen-bond donors (Lipinski definition) is 2. The third-order valence-electron chi connectivity index (χ3n) is 3.40. The van der Waals surface area contributed by atoms with E-state index in [-0.39, 0.29) is 23.6 Å². The monoisotopic (exact) mass is 258 g/mol. The van der Waals surface area contributed by atoms with E-state index in [9.17, 15) is 4.79 Å². The zero-order chi connectivity index (χ0) is 13.6. The number of hydrogen-bond acceptors (Lipinski definition) is 3. The smallest absolute Gasteiger partial charge is 0.315 e. The van der Waals surface area contributed by atoms with Crippen LogP contribution in [0.4, 0.5) is 4.79 Å². The molecule has 2 N–H and O–H groups in total. The summed E-state index contributed by atoms with van der Waals surface area (Å²) in [5.74, 6) is 0. The average Bonchev–Trinajstić information content (AvgIpc) is 2.70. The highest BCUT2D eigenvalue weighted by atomic mass is 16.5. The number of urea groups is 1. The predicted molar refractivity (Wildman–Crippen MR) is 70.6 cm³/mol. The van der Waals surface area contributed by atoms with Crippen LogP contribution >= 0.6 is 0 Å². The minimum absolute atomic E-state index is 0.0468. The Balaban J connectivity index is 2.23. The van der Waals surface area contributed by atoms with E-state index in [4.69, 9.17) is 9.47 Å². The Hall–Kier alpha value is -0.810. The van der Waals surface area contributed by atoms with Crippen LogP contribution in [0.2, 0.25) is 0 Å². The molecule has 0 aromatic heterocycles. The Bertz CT molecular complexity index is 269. The molecule has 1 rings (SSSR count). The first kappa shape index (κ1) is 15.2. The fraction of sp³-hybridized carbons (Fsp3) is 0.923. The van der Waals surface area contributed by atoms with E-state index in [1.165, 1.54) is 0 Å². The van der Waals surface area contributed by atoms with Crippen LogP contribution in [0.3, 0.4) is 0 Å². The summed E-state index contributed by atoms with van der Waals surface area (Å²) in [7, 11) is 1.69. The molecule has 0 radical (unpaired) electrons. The predicted octanol–water partition coefficient (Wildman–Crippen LogP) is 1.53. The lowest BCUT2D eigenvalue weighted by Crippen LogP contribution is -2.47. The zero-order valence-corrected chi connectivity index (χ0v) is 11.9. The molecule has 106 valence electrons. The quantitative estimate of drug-likeness (QED) is 0.759. The molecule has 0 unspecified atom stereocenters. The van der Waals surface area contributed by atoms with Gasteiger partial charge in [-0.05, 0) is 25.2 Å². The van der Waals surface area contributed by atoms with E-state index in [0.717, 1.165) is 19.4 Å². The van der Waals surface area contributed by atoms with Crippen molar-refractivity contribution in [3.8, 4) is 0 Å². The molecule has 1 heterocycles. The number of ether oxygens (including phenoxy) is 2. The molecule has 5 nitrogen and oxygen atoms in total. The third-order valence-corrected chi connectivity index (χ3v) is 3.40. The van der Waals surface area contributed by atoms with Gasteiger partial charge in [0.1, 0.15) is 0 Å². The average molecular weight is 258 g/mol. The normalized spacial score (nSPS) is 24.0. The molecule has 1 aliphatic heterocycles. The van der Waals surface area contributed by atoms with E-state index in [1.54, 1.807) is 7.11 Å². The second kappa shape index (κ2) is 6.95. The highest BCUT2D eigenvalue weighted by Crippen LogP contribution is 2.18. The van der Waals surface area contributed by atoms with Crippen LogP contribution in [0.15, 0.2) is 0 Å². The third kappa shape index (κ3) is 5.23. The van der Waals surface area contributed by atoms with Crippen molar-refractivity contribution < 1.29 is 14.3 Å². The number of amides is 2. The Morgan fingerprint density at radius 2 is 2.22 bits per heavy atom. The largest absolute Gasteiger partial charge is 0.385 e. The summed E-state index contributed by atoms with van der Waals surface area (Å²) in [5.41, 5.74) is 0.0468. The maximum Gasteiger partial charge on any atom is 0.315 e. The van der Waals surface area contributed by atoms with Crippen LogP contribution in [0.25, 0.3) is 0 Å². The Labute approximate surface area is 110 Å². The van der Waals surface area contributed by atoms with Crippen molar-refractivity contribution in [3.05, 3.63) is 0 Å². The summed E-state index contributed by atoms with van der Waals surface area (Å²) in [4.78, 5) is 11.8. The second-order valence-electron chi connectivity index (χ2n) is 5.71. The first-order valence-electron chi connectivity index (χ1n) is 6.59. The van der Waals surface area contributed by atoms with Gasteiger partial charge in [-0.3, -0.25) is 0 Å². The van der Waals surface area contributed by atoms with Crippen LogP contribution in [0, 0.1) is 5.41 Å². The minimum atomic E-state index is -0.108. The Morgan fingerprint density at radius 1 is 1.50 bits per heavy atom. The molecular weight excluding hydrogens is 232 g/mol. The molecule has 1 fully saturated rings. The SMILES string of the molecule is COCCC(C)(C)CNC(=O)N[C@@H]1CCO[C@H]1C. The number of carbonyl (C=O) groups excluding carboxylic acids is 1. The van der Waals surface area contributed by atoms with Crippen molar-refractivity contribution in [1.82, 2.24) is 10.6 Å². The van der Waals surface area contributed by atoms with Crippen molar-refractivity contribution >= 4 is 6.03 Å². The summed E-state index contributed by atoms with van der Waals surface area (Å²) in [6.07, 6.45) is 1.92. The van der Waals surface area contributed by atoms with Gasteiger partial charge in [0.15, 0.2) is 0 Å². The van der Waals surface area contributed by atoms with Crippen LogP contribution in [0.1, 0.15) is 33.6 Å². The minimum Gasteiger partial charge on any atom is -0.385 e. The van der Waals surface area contributed by atoms with Gasteiger partial charge < -0.3 is 20.1 Å². The lowest BCUT2D eigenvalue weighted by molar-refractivity contribution is 0.114. The van der Waals surface area contributed by atoms with Crippen molar-refractivity contribution in [1.29, 1.82) is 0 Å². The number of methoxy groups -OCH3 is 1. The van der Waals surface area contributed by atoms with Crippen LogP contribution in [-0.4, -0.2) is 45.0 Å². The number of carbonyl (C=O) groups is 1. The molecule has 2 atom stereocenters. The van der Waals surface area contributed by atoms with Gasteiger partial charge in [-0.2, -0.15) is 0 Å². The number of rotatable bonds is 6. The van der Waals surface area contributed by atoms with Crippen LogP contribution in [0.5, 0.6) is 0 Å². The molecule has 1 saturated heterocycles. The fourth-order valence-electron chi connectivity index (χ4n) is 1.93. The Morgan fingerprint density at radius 3 is 2.78 bits per heavy atom. The maximum atomic E-state index is 11.8. The Kier molecular flexibility index (Phi) is 5.88. The van der Waals surface area contributed by atoms with Crippen molar-refractivity contribution in [2.24, 2.45) is 5.41 Å². The van der Waals surface area contributed by atoms with Gasteiger partial charge in [-0.25, -0.2) is 4.79 Å². The highest BCUT2D eigenvalue weighted by molar-refractivity contribution is 5.74. The molecule has 0 aromatic carbocycles. The molecular formula is C13H26N2O3. The maximum absolute atomic E-state index is 11.8. The van der Waals surface area contributed by atoms with Gasteiger partial charge in [0.05, 0.1) is 12.1 Å². The van der Waals surface area contributed by atoms with E-state index in [1.807, 2.05) is 6.92 Å². The van der Waals surface area contributed by atoms with E-state index < -0.39 is 0 Å². The van der Waals surface area contributed by atoms with Crippen LogP contribution < -0.4 is 10.6 Å². The van der Waals surface area contributed by atoms with Gasteiger partial charge in [-0.1, -0.05) is 13.8 Å². The van der Waals surface area contributed by atoms with Gasteiger partial charge in [0.2, 0.25) is 0 Å². The topological polar surface area (TPSA) is 59.6 Å². The molecule has 18 heavy (non-hydrogen) atoms. The standard InChI is InChI=1S/C13H26N2O3/c1-10-11(5-7-18-10)15-12(16)14-9-13(2,3)6-8-17-4/h10-11H,5-9H2,1-4H3,(H2,14,15,16)/t10-,11+/m0/s1. The first-order valence-corrected chi connectivity index (χ1v) is 6.59. The van der Waals surface area contributed by atoms with E-state index in [2.05, 4.69) is 24.5 Å². The van der Waals surface area contributed by atoms with Gasteiger partial charge in [0.25, 0.3) is 0 Å². The molecule has 1 aliphatic rings. The summed E-state index contributed by atoms with van der Waals surface area (Å²) >= 11 is 0. The lowest BCUT2D eigenvalue weighted by atomic mass is 9.90. The van der Waals surface area contributed by atoms with Gasteiger partial charge in [0, 0.05) is 26.9 Å². The van der Waals surface area contributed by atoms with Gasteiger partial charge in [-0.15, -0.1) is 0 Å². The summed E-state index contributed by atoms with van der Waals surface area (Å²) in [6, 6.07) is 0.0231. The van der Waals surface area contributed by atoms with Crippen molar-refractivity contribution in [3.63, 3.8) is 0 Å². The second-order valence-corrected chi connectivity index (χ2v) is 5.71. The lowest BCUT2D eigenvalue weighted by Gasteiger charge is -2.25. The van der Waals surface area contributed by atoms with Crippen molar-refractivity contribution in [2.45, 2.75) is 45.8 Å². The van der Waals surface area contributed by atoms with Gasteiger partial charge >= 0.3 is 6.03 Å². The molecule has 0 aromatic rings. The van der Waals surface area contributed by atoms with E-state index in [0.29, 0.717) is 13.2 Å². The molecule has 5 heteroatoms. The molecule has 0 aliphatic carbocycles.